The van der Waals surface area contributed by atoms with Crippen molar-refractivity contribution >= 4 is 23.4 Å². The van der Waals surface area contributed by atoms with Crippen LogP contribution in [0.5, 0.6) is 0 Å². The van der Waals surface area contributed by atoms with Gasteiger partial charge in [-0.2, -0.15) is 0 Å². The van der Waals surface area contributed by atoms with Crippen LogP contribution in [0.2, 0.25) is 5.02 Å². The van der Waals surface area contributed by atoms with Crippen LogP contribution < -0.4 is 4.90 Å². The molecule has 2 rings (SSSR count). The van der Waals surface area contributed by atoms with E-state index in [-0.39, 0.29) is 5.97 Å². The number of rotatable bonds is 3. The first-order chi connectivity index (χ1) is 8.69. The van der Waals surface area contributed by atoms with Gasteiger partial charge in [-0.3, -0.25) is 4.79 Å². The second-order valence-electron chi connectivity index (χ2n) is 4.55. The zero-order valence-electron chi connectivity index (χ0n) is 10.4. The number of halogens is 1. The maximum absolute atomic E-state index is 11.2. The van der Waals surface area contributed by atoms with E-state index in [0.717, 1.165) is 31.7 Å². The summed E-state index contributed by atoms with van der Waals surface area (Å²) in [6.07, 6.45) is 4.19. The van der Waals surface area contributed by atoms with Crippen LogP contribution in [0.1, 0.15) is 19.3 Å². The van der Waals surface area contributed by atoms with E-state index in [2.05, 4.69) is 9.88 Å². The van der Waals surface area contributed by atoms with Crippen molar-refractivity contribution in [2.24, 2.45) is 5.92 Å². The summed E-state index contributed by atoms with van der Waals surface area (Å²) in [5, 5.41) is 0.652. The van der Waals surface area contributed by atoms with Gasteiger partial charge < -0.3 is 9.64 Å². The van der Waals surface area contributed by atoms with Crippen molar-refractivity contribution in [3.05, 3.63) is 23.4 Å². The SMILES string of the molecule is COC(=O)CC1CCN(c2ccc(Cl)cn2)CC1. The summed E-state index contributed by atoms with van der Waals surface area (Å²) in [5.74, 6) is 1.27. The lowest BCUT2D eigenvalue weighted by Gasteiger charge is -2.32. The first-order valence-electron chi connectivity index (χ1n) is 6.12. The van der Waals surface area contributed by atoms with Gasteiger partial charge in [-0.1, -0.05) is 11.6 Å². The van der Waals surface area contributed by atoms with Crippen LogP contribution in [-0.2, 0) is 9.53 Å². The zero-order chi connectivity index (χ0) is 13.0. The molecule has 1 aromatic heterocycles. The number of hydrogen-bond acceptors (Lipinski definition) is 4. The van der Waals surface area contributed by atoms with Crippen molar-refractivity contribution in [1.82, 2.24) is 4.98 Å². The Hall–Kier alpha value is -1.29. The molecule has 0 saturated carbocycles. The highest BCUT2D eigenvalue weighted by Crippen LogP contribution is 2.24. The predicted molar refractivity (Wildman–Crippen MR) is 70.8 cm³/mol. The molecule has 2 heterocycles. The molecule has 0 amide bonds. The molecule has 18 heavy (non-hydrogen) atoms. The molecule has 1 fully saturated rings. The normalized spacial score (nSPS) is 16.7. The van der Waals surface area contributed by atoms with Crippen molar-refractivity contribution in [2.45, 2.75) is 19.3 Å². The van der Waals surface area contributed by atoms with E-state index < -0.39 is 0 Å². The van der Waals surface area contributed by atoms with Gasteiger partial charge in [-0.15, -0.1) is 0 Å². The van der Waals surface area contributed by atoms with Crippen molar-refractivity contribution in [2.75, 3.05) is 25.1 Å². The first-order valence-corrected chi connectivity index (χ1v) is 6.50. The van der Waals surface area contributed by atoms with Gasteiger partial charge in [-0.05, 0) is 30.9 Å². The second-order valence-corrected chi connectivity index (χ2v) is 4.98. The topological polar surface area (TPSA) is 42.4 Å². The van der Waals surface area contributed by atoms with Crippen LogP contribution in [-0.4, -0.2) is 31.2 Å². The molecule has 0 spiro atoms. The van der Waals surface area contributed by atoms with E-state index in [4.69, 9.17) is 16.3 Å². The quantitative estimate of drug-likeness (QED) is 0.790. The fraction of sp³-hybridized carbons (Fsp3) is 0.538. The number of hydrogen-bond donors (Lipinski definition) is 0. The van der Waals surface area contributed by atoms with Crippen LogP contribution >= 0.6 is 11.6 Å². The second kappa shape index (κ2) is 6.05. The Kier molecular flexibility index (Phi) is 4.42. The van der Waals surface area contributed by atoms with E-state index in [9.17, 15) is 4.79 Å². The van der Waals surface area contributed by atoms with Crippen molar-refractivity contribution in [3.8, 4) is 0 Å². The molecule has 0 N–H and O–H groups in total. The minimum Gasteiger partial charge on any atom is -0.469 e. The van der Waals surface area contributed by atoms with E-state index in [0.29, 0.717) is 17.4 Å². The molecule has 1 aliphatic heterocycles. The number of esters is 1. The molecule has 1 aliphatic rings. The van der Waals surface area contributed by atoms with Gasteiger partial charge in [0.1, 0.15) is 5.82 Å². The summed E-state index contributed by atoms with van der Waals surface area (Å²) in [6, 6.07) is 3.79. The van der Waals surface area contributed by atoms with E-state index in [1.807, 2.05) is 12.1 Å². The van der Waals surface area contributed by atoms with Gasteiger partial charge in [0, 0.05) is 25.7 Å². The smallest absolute Gasteiger partial charge is 0.305 e. The molecule has 1 saturated heterocycles. The Morgan fingerprint density at radius 1 is 1.50 bits per heavy atom. The molecular formula is C13H17ClN2O2. The number of pyridine rings is 1. The maximum atomic E-state index is 11.2. The number of aromatic nitrogens is 1. The van der Waals surface area contributed by atoms with Crippen LogP contribution in [0.25, 0.3) is 0 Å². The third-order valence-electron chi connectivity index (χ3n) is 3.33. The summed E-state index contributed by atoms with van der Waals surface area (Å²) in [5.41, 5.74) is 0. The summed E-state index contributed by atoms with van der Waals surface area (Å²) in [4.78, 5) is 17.7. The zero-order valence-corrected chi connectivity index (χ0v) is 11.2. The van der Waals surface area contributed by atoms with Crippen LogP contribution in [0.4, 0.5) is 5.82 Å². The van der Waals surface area contributed by atoms with Crippen LogP contribution in [0.3, 0.4) is 0 Å². The molecule has 0 aliphatic carbocycles. The van der Waals surface area contributed by atoms with Crippen molar-refractivity contribution < 1.29 is 9.53 Å². The summed E-state index contributed by atoms with van der Waals surface area (Å²) >= 11 is 5.81. The molecule has 0 radical (unpaired) electrons. The summed E-state index contributed by atoms with van der Waals surface area (Å²) in [6.45, 7) is 1.85. The number of piperidine rings is 1. The number of anilines is 1. The average Bonchev–Trinajstić information content (AvgIpc) is 2.40. The standard InChI is InChI=1S/C13H17ClN2O2/c1-18-13(17)8-10-4-6-16(7-5-10)12-3-2-11(14)9-15-12/h2-3,9-10H,4-8H2,1H3. The number of ether oxygens (including phenoxy) is 1. The Morgan fingerprint density at radius 3 is 2.78 bits per heavy atom. The molecule has 0 unspecified atom stereocenters. The molecule has 0 aromatic carbocycles. The minimum atomic E-state index is -0.113. The van der Waals surface area contributed by atoms with E-state index >= 15 is 0 Å². The van der Waals surface area contributed by atoms with E-state index in [1.54, 1.807) is 6.20 Å². The molecule has 1 aromatic rings. The lowest BCUT2D eigenvalue weighted by molar-refractivity contribution is -0.141. The lowest BCUT2D eigenvalue weighted by Crippen LogP contribution is -2.34. The molecule has 0 bridgehead atoms. The molecule has 5 heteroatoms. The van der Waals surface area contributed by atoms with Gasteiger partial charge in [0.25, 0.3) is 0 Å². The highest BCUT2D eigenvalue weighted by Gasteiger charge is 2.22. The first kappa shape index (κ1) is 13.1. The summed E-state index contributed by atoms with van der Waals surface area (Å²) < 4.78 is 4.70. The summed E-state index contributed by atoms with van der Waals surface area (Å²) in [7, 11) is 1.44. The van der Waals surface area contributed by atoms with E-state index in [1.165, 1.54) is 7.11 Å². The highest BCUT2D eigenvalue weighted by molar-refractivity contribution is 6.30. The maximum Gasteiger partial charge on any atom is 0.305 e. The fourth-order valence-electron chi connectivity index (χ4n) is 2.24. The van der Waals surface area contributed by atoms with Gasteiger partial charge >= 0.3 is 5.97 Å². The van der Waals surface area contributed by atoms with Crippen molar-refractivity contribution in [1.29, 1.82) is 0 Å². The Morgan fingerprint density at radius 2 is 2.22 bits per heavy atom. The van der Waals surface area contributed by atoms with Crippen LogP contribution in [0, 0.1) is 5.92 Å². The fourth-order valence-corrected chi connectivity index (χ4v) is 2.35. The van der Waals surface area contributed by atoms with Crippen LogP contribution in [0.15, 0.2) is 18.3 Å². The highest BCUT2D eigenvalue weighted by atomic mass is 35.5. The Bertz CT molecular complexity index is 400. The third kappa shape index (κ3) is 3.35. The molecular weight excluding hydrogens is 252 g/mol. The lowest BCUT2D eigenvalue weighted by atomic mass is 9.93. The van der Waals surface area contributed by atoms with Gasteiger partial charge in [-0.25, -0.2) is 4.98 Å². The Labute approximate surface area is 112 Å². The number of carbonyl (C=O) groups excluding carboxylic acids is 1. The number of carbonyl (C=O) groups is 1. The van der Waals surface area contributed by atoms with Crippen molar-refractivity contribution in [3.63, 3.8) is 0 Å². The molecule has 0 atom stereocenters. The Balaban J connectivity index is 1.86. The average molecular weight is 269 g/mol. The van der Waals surface area contributed by atoms with Gasteiger partial charge in [0.05, 0.1) is 12.1 Å². The number of methoxy groups -OCH3 is 1. The largest absolute Gasteiger partial charge is 0.469 e. The number of nitrogens with zero attached hydrogens (tertiary/aromatic N) is 2. The minimum absolute atomic E-state index is 0.113. The van der Waals surface area contributed by atoms with Gasteiger partial charge in [0.15, 0.2) is 0 Å². The monoisotopic (exact) mass is 268 g/mol. The molecule has 98 valence electrons. The van der Waals surface area contributed by atoms with Gasteiger partial charge in [0.2, 0.25) is 0 Å². The predicted octanol–water partition coefficient (Wildman–Crippen LogP) is 2.51. The molecule has 4 nitrogen and oxygen atoms in total. The third-order valence-corrected chi connectivity index (χ3v) is 3.56.